The second kappa shape index (κ2) is 23.3. The predicted octanol–water partition coefficient (Wildman–Crippen LogP) is 3.77. The van der Waals surface area contributed by atoms with E-state index < -0.39 is 61.8 Å². The van der Waals surface area contributed by atoms with Crippen LogP contribution in [0.3, 0.4) is 0 Å². The molecule has 0 saturated carbocycles. The van der Waals surface area contributed by atoms with Crippen LogP contribution >= 0.6 is 15.9 Å². The van der Waals surface area contributed by atoms with Crippen molar-refractivity contribution in [1.29, 1.82) is 0 Å². The topological polar surface area (TPSA) is 169 Å². The molecule has 7 atom stereocenters. The van der Waals surface area contributed by atoms with Gasteiger partial charge in [0.2, 0.25) is 0 Å². The van der Waals surface area contributed by atoms with E-state index in [-0.39, 0.29) is 0 Å². The van der Waals surface area contributed by atoms with E-state index in [1.165, 1.54) is 58.3 Å². The van der Waals surface area contributed by atoms with Crippen LogP contribution in [-0.4, -0.2) is 92.4 Å². The van der Waals surface area contributed by atoms with E-state index in [9.17, 15) is 35.4 Å². The van der Waals surface area contributed by atoms with Crippen LogP contribution < -0.4 is 5.32 Å². The summed E-state index contributed by atoms with van der Waals surface area (Å²) in [6.07, 6.45) is 6.00. The highest BCUT2D eigenvalue weighted by molar-refractivity contribution is 9.10. The molecule has 244 valence electrons. The monoisotopic (exact) mass is 663 g/mol. The van der Waals surface area contributed by atoms with Gasteiger partial charge in [-0.1, -0.05) is 106 Å². The molecule has 1 aromatic rings. The van der Waals surface area contributed by atoms with E-state index in [0.29, 0.717) is 16.5 Å². The highest BCUT2D eigenvalue weighted by Gasteiger charge is 2.32. The molecule has 0 aliphatic rings. The van der Waals surface area contributed by atoms with Crippen molar-refractivity contribution < 1.29 is 45.2 Å². The lowest BCUT2D eigenvalue weighted by atomic mass is 9.99. The summed E-state index contributed by atoms with van der Waals surface area (Å²) in [5.74, 6) is -0.509. The van der Waals surface area contributed by atoms with Crippen molar-refractivity contribution >= 4 is 21.8 Å². The fourth-order valence-electron chi connectivity index (χ4n) is 4.64. The molecular formula is C31H54BrNO9. The molecule has 0 aromatic heterocycles. The minimum absolute atomic E-state index is 0.321. The van der Waals surface area contributed by atoms with Crippen LogP contribution in [-0.2, 0) is 9.78 Å². The van der Waals surface area contributed by atoms with Crippen LogP contribution in [0.4, 0.5) is 0 Å². The molecule has 0 bridgehead atoms. The number of nitrogens with one attached hydrogen (secondary N) is 1. The van der Waals surface area contributed by atoms with Gasteiger partial charge in [-0.25, -0.2) is 9.78 Å². The zero-order valence-corrected chi connectivity index (χ0v) is 26.8. The summed E-state index contributed by atoms with van der Waals surface area (Å²) in [7, 11) is 0. The highest BCUT2D eigenvalue weighted by atomic mass is 79.9. The molecule has 7 N–H and O–H groups in total. The first-order valence-electron chi connectivity index (χ1n) is 15.5. The molecule has 1 aromatic carbocycles. The van der Waals surface area contributed by atoms with Crippen LogP contribution in [0.25, 0.3) is 0 Å². The van der Waals surface area contributed by atoms with Crippen LogP contribution in [0.15, 0.2) is 28.7 Å². The van der Waals surface area contributed by atoms with E-state index in [2.05, 4.69) is 28.2 Å². The number of carbonyl (C=O) groups is 1. The fraction of sp³-hybridized carbons (Fsp3) is 0.774. The quantitative estimate of drug-likeness (QED) is 0.0468. The molecule has 1 rings (SSSR count). The number of amides is 1. The summed E-state index contributed by atoms with van der Waals surface area (Å²) >= 11 is 3.32. The Morgan fingerprint density at radius 2 is 1.43 bits per heavy atom. The molecule has 0 spiro atoms. The molecule has 0 heterocycles. The number of carbonyl (C=O) groups excluding carboxylic acids is 1. The normalized spacial score (nSPS) is 16.8. The lowest BCUT2D eigenvalue weighted by Crippen LogP contribution is -2.52. The number of aliphatic hydroxyl groups is 6. The Balaban J connectivity index is 2.59. The first-order chi connectivity index (χ1) is 20.1. The summed E-state index contributed by atoms with van der Waals surface area (Å²) in [5.41, 5.74) is 0.321. The number of halogens is 1. The first kappa shape index (κ1) is 38.9. The Morgan fingerprint density at radius 1 is 0.857 bits per heavy atom. The minimum Gasteiger partial charge on any atom is -0.393 e. The van der Waals surface area contributed by atoms with Crippen LogP contribution in [0.5, 0.6) is 0 Å². The molecule has 0 aliphatic carbocycles. The zero-order valence-electron chi connectivity index (χ0n) is 25.2. The Morgan fingerprint density at radius 3 is 1.95 bits per heavy atom. The Hall–Kier alpha value is -1.15. The Kier molecular flexibility index (Phi) is 21.5. The van der Waals surface area contributed by atoms with Crippen molar-refractivity contribution in [2.45, 2.75) is 140 Å². The van der Waals surface area contributed by atoms with Crippen LogP contribution in [0, 0.1) is 0 Å². The van der Waals surface area contributed by atoms with E-state index in [0.717, 1.165) is 25.7 Å². The van der Waals surface area contributed by atoms with Crippen LogP contribution in [0.1, 0.15) is 108 Å². The van der Waals surface area contributed by atoms with Gasteiger partial charge in [-0.2, -0.15) is 0 Å². The van der Waals surface area contributed by atoms with E-state index >= 15 is 0 Å². The maximum absolute atomic E-state index is 12.9. The minimum atomic E-state index is -1.66. The average molecular weight is 665 g/mol. The third kappa shape index (κ3) is 16.1. The lowest BCUT2D eigenvalue weighted by molar-refractivity contribution is -0.352. The molecular weight excluding hydrogens is 610 g/mol. The largest absolute Gasteiger partial charge is 0.393 e. The Labute approximate surface area is 259 Å². The summed E-state index contributed by atoms with van der Waals surface area (Å²) in [4.78, 5) is 23.1. The van der Waals surface area contributed by atoms with Gasteiger partial charge in [0.15, 0.2) is 0 Å². The lowest BCUT2D eigenvalue weighted by Gasteiger charge is -2.29. The third-order valence-corrected chi connectivity index (χ3v) is 7.90. The third-order valence-electron chi connectivity index (χ3n) is 7.41. The summed E-state index contributed by atoms with van der Waals surface area (Å²) < 4.78 is 0.690. The van der Waals surface area contributed by atoms with Crippen LogP contribution in [0.2, 0.25) is 0 Å². The van der Waals surface area contributed by atoms with Gasteiger partial charge in [0, 0.05) is 10.0 Å². The van der Waals surface area contributed by atoms with Gasteiger partial charge < -0.3 is 36.0 Å². The number of aliphatic hydroxyl groups excluding tert-OH is 6. The van der Waals surface area contributed by atoms with Gasteiger partial charge >= 0.3 is 0 Å². The van der Waals surface area contributed by atoms with Gasteiger partial charge in [-0.05, 0) is 31.5 Å². The summed E-state index contributed by atoms with van der Waals surface area (Å²) in [6.45, 7) is 2.34. The van der Waals surface area contributed by atoms with Gasteiger partial charge in [0.25, 0.3) is 5.91 Å². The molecule has 7 unspecified atom stereocenters. The predicted molar refractivity (Wildman–Crippen MR) is 165 cm³/mol. The van der Waals surface area contributed by atoms with Crippen molar-refractivity contribution in [3.63, 3.8) is 0 Å². The van der Waals surface area contributed by atoms with Gasteiger partial charge in [0.1, 0.15) is 31.0 Å². The molecule has 1 amide bonds. The summed E-state index contributed by atoms with van der Waals surface area (Å²) in [5, 5.41) is 63.3. The molecule has 0 radical (unpaired) electrons. The second-order valence-electron chi connectivity index (χ2n) is 11.1. The number of unbranched alkanes of at least 4 members (excludes halogenated alkanes) is 11. The molecule has 10 nitrogen and oxygen atoms in total. The van der Waals surface area contributed by atoms with E-state index in [1.54, 1.807) is 24.3 Å². The fourth-order valence-corrected chi connectivity index (χ4v) is 5.04. The van der Waals surface area contributed by atoms with Crippen molar-refractivity contribution in [3.8, 4) is 0 Å². The molecule has 42 heavy (non-hydrogen) atoms. The number of rotatable bonds is 25. The molecule has 0 aliphatic heterocycles. The first-order valence-corrected chi connectivity index (χ1v) is 16.3. The number of hydrogen-bond acceptors (Lipinski definition) is 9. The number of benzene rings is 1. The SMILES string of the molecule is CCCCCCCCCCCCCCC(O)C(O)C(COOC(CO)C(O)C(O)C(C)O)NC(=O)c1cccc(Br)c1. The van der Waals surface area contributed by atoms with Gasteiger partial charge in [-0.15, -0.1) is 0 Å². The maximum atomic E-state index is 12.9. The van der Waals surface area contributed by atoms with Crippen molar-refractivity contribution in [2.24, 2.45) is 0 Å². The average Bonchev–Trinajstić information content (AvgIpc) is 2.97. The standard InChI is InChI=1S/C31H54BrNO9/c1-3-4-5-6-7-8-9-10-11-12-13-14-18-26(36)29(38)25(33-31(40)23-16-15-17-24(32)19-23)21-41-42-27(20-34)30(39)28(37)22(2)35/h15-17,19,22,25-30,34-39H,3-14,18,20-21H2,1-2H3,(H,33,40). The van der Waals surface area contributed by atoms with Gasteiger partial charge in [0.05, 0.1) is 24.9 Å². The van der Waals surface area contributed by atoms with Crippen molar-refractivity contribution in [3.05, 3.63) is 34.3 Å². The van der Waals surface area contributed by atoms with E-state index in [4.69, 9.17) is 9.78 Å². The Bertz CT molecular complexity index is 831. The van der Waals surface area contributed by atoms with Crippen molar-refractivity contribution in [2.75, 3.05) is 13.2 Å². The highest BCUT2D eigenvalue weighted by Crippen LogP contribution is 2.17. The molecule has 0 saturated heterocycles. The zero-order chi connectivity index (χ0) is 31.3. The second-order valence-corrected chi connectivity index (χ2v) is 12.1. The molecule has 11 heteroatoms. The van der Waals surface area contributed by atoms with E-state index in [1.807, 2.05) is 0 Å². The smallest absolute Gasteiger partial charge is 0.251 e. The van der Waals surface area contributed by atoms with Crippen molar-refractivity contribution in [1.82, 2.24) is 5.32 Å². The maximum Gasteiger partial charge on any atom is 0.251 e. The van der Waals surface area contributed by atoms with Gasteiger partial charge in [-0.3, -0.25) is 4.79 Å². The molecule has 0 fully saturated rings. The summed E-state index contributed by atoms with van der Waals surface area (Å²) in [6, 6.07) is 5.56. The number of hydrogen-bond donors (Lipinski definition) is 7.